The second-order valence-electron chi connectivity index (χ2n) is 4.80. The largest absolute Gasteiger partial charge is 0.431 e. The lowest BCUT2D eigenvalue weighted by atomic mass is 10.1. The average molecular weight is 320 g/mol. The number of hydrogen-bond donors (Lipinski definition) is 0. The summed E-state index contributed by atoms with van der Waals surface area (Å²) in [5.41, 5.74) is -2.12. The van der Waals surface area contributed by atoms with Crippen LogP contribution in [-0.2, 0) is 12.7 Å². The van der Waals surface area contributed by atoms with Gasteiger partial charge in [0.1, 0.15) is 5.69 Å². The number of pyridine rings is 1. The Labute approximate surface area is 128 Å². The van der Waals surface area contributed by atoms with Gasteiger partial charge in [-0.25, -0.2) is 0 Å². The first-order valence-corrected chi connectivity index (χ1v) is 7.11. The fourth-order valence-corrected chi connectivity index (χ4v) is 1.86. The van der Waals surface area contributed by atoms with Crippen LogP contribution in [0.3, 0.4) is 0 Å². The van der Waals surface area contributed by atoms with Crippen molar-refractivity contribution in [2.75, 3.05) is 20.6 Å². The van der Waals surface area contributed by atoms with E-state index < -0.39 is 23.2 Å². The highest BCUT2D eigenvalue weighted by Crippen LogP contribution is 2.28. The molecule has 0 atom stereocenters. The SMILES string of the molecule is CC.CC(=O)c1ccc(C(F)(F)F)n(CCCN(C)C)c1=O. The number of alkyl halides is 3. The van der Waals surface area contributed by atoms with E-state index in [1.54, 1.807) is 14.1 Å². The Morgan fingerprint density at radius 1 is 1.23 bits per heavy atom. The van der Waals surface area contributed by atoms with Crippen LogP contribution < -0.4 is 5.56 Å². The first-order valence-electron chi connectivity index (χ1n) is 7.11. The Bertz CT molecular complexity index is 549. The number of ketones is 1. The van der Waals surface area contributed by atoms with Gasteiger partial charge in [-0.2, -0.15) is 13.2 Å². The summed E-state index contributed by atoms with van der Waals surface area (Å²) in [5, 5.41) is 0. The van der Waals surface area contributed by atoms with Crippen molar-refractivity contribution < 1.29 is 18.0 Å². The molecule has 126 valence electrons. The molecule has 0 bridgehead atoms. The molecule has 1 rings (SSSR count). The zero-order chi connectivity index (χ0) is 17.5. The number of carbonyl (C=O) groups excluding carboxylic acids is 1. The quantitative estimate of drug-likeness (QED) is 0.783. The molecule has 0 aliphatic rings. The van der Waals surface area contributed by atoms with Crippen molar-refractivity contribution in [1.29, 1.82) is 0 Å². The molecule has 0 aliphatic heterocycles. The molecule has 1 aromatic heterocycles. The van der Waals surface area contributed by atoms with Gasteiger partial charge in [-0.1, -0.05) is 13.8 Å². The Hall–Kier alpha value is -1.63. The van der Waals surface area contributed by atoms with Gasteiger partial charge >= 0.3 is 6.18 Å². The molecule has 0 unspecified atom stereocenters. The van der Waals surface area contributed by atoms with E-state index in [2.05, 4.69) is 0 Å². The monoisotopic (exact) mass is 320 g/mol. The summed E-state index contributed by atoms with van der Waals surface area (Å²) >= 11 is 0. The third-order valence-corrected chi connectivity index (χ3v) is 2.83. The minimum absolute atomic E-state index is 0.0764. The van der Waals surface area contributed by atoms with E-state index >= 15 is 0 Å². The van der Waals surface area contributed by atoms with Crippen molar-refractivity contribution in [3.63, 3.8) is 0 Å². The van der Waals surface area contributed by atoms with Gasteiger partial charge in [0, 0.05) is 6.54 Å². The lowest BCUT2D eigenvalue weighted by Crippen LogP contribution is -2.32. The van der Waals surface area contributed by atoms with Crippen molar-refractivity contribution >= 4 is 5.78 Å². The van der Waals surface area contributed by atoms with Crippen molar-refractivity contribution in [2.24, 2.45) is 0 Å². The van der Waals surface area contributed by atoms with Gasteiger partial charge in [0.15, 0.2) is 5.78 Å². The summed E-state index contributed by atoms with van der Waals surface area (Å²) in [6.07, 6.45) is -4.23. The summed E-state index contributed by atoms with van der Waals surface area (Å²) in [7, 11) is 3.58. The van der Waals surface area contributed by atoms with Crippen molar-refractivity contribution in [3.05, 3.63) is 33.7 Å². The lowest BCUT2D eigenvalue weighted by Gasteiger charge is -2.17. The molecular formula is C15H23F3N2O2. The first-order chi connectivity index (χ1) is 10.1. The Morgan fingerprint density at radius 2 is 1.77 bits per heavy atom. The van der Waals surface area contributed by atoms with Gasteiger partial charge in [-0.05, 0) is 46.1 Å². The average Bonchev–Trinajstić information content (AvgIpc) is 2.40. The van der Waals surface area contributed by atoms with E-state index in [9.17, 15) is 22.8 Å². The van der Waals surface area contributed by atoms with Gasteiger partial charge in [-0.3, -0.25) is 9.59 Å². The van der Waals surface area contributed by atoms with Crippen molar-refractivity contribution in [2.45, 2.75) is 39.9 Å². The fraction of sp³-hybridized carbons (Fsp3) is 0.600. The van der Waals surface area contributed by atoms with E-state index in [0.29, 0.717) is 17.5 Å². The summed E-state index contributed by atoms with van der Waals surface area (Å²) in [4.78, 5) is 25.1. The van der Waals surface area contributed by atoms with Crippen LogP contribution in [0.25, 0.3) is 0 Å². The molecule has 0 saturated heterocycles. The number of rotatable bonds is 5. The lowest BCUT2D eigenvalue weighted by molar-refractivity contribution is -0.144. The summed E-state index contributed by atoms with van der Waals surface area (Å²) in [6, 6.07) is 1.73. The molecule has 0 fully saturated rings. The maximum atomic E-state index is 12.9. The van der Waals surface area contributed by atoms with Crippen LogP contribution in [0.5, 0.6) is 0 Å². The van der Waals surface area contributed by atoms with E-state index in [-0.39, 0.29) is 12.1 Å². The molecule has 0 radical (unpaired) electrons. The Kier molecular flexibility index (Phi) is 8.08. The predicted octanol–water partition coefficient (Wildman–Crippen LogP) is 3.05. The third-order valence-electron chi connectivity index (χ3n) is 2.83. The van der Waals surface area contributed by atoms with E-state index in [1.807, 2.05) is 18.7 Å². The molecule has 0 spiro atoms. The highest BCUT2D eigenvalue weighted by molar-refractivity contribution is 5.93. The number of halogens is 3. The number of nitrogens with zero attached hydrogens (tertiary/aromatic N) is 2. The molecule has 0 saturated carbocycles. The third kappa shape index (κ3) is 5.63. The molecule has 1 aromatic rings. The summed E-state index contributed by atoms with van der Waals surface area (Å²) in [6.45, 7) is 5.63. The number of carbonyl (C=O) groups is 1. The molecule has 0 amide bonds. The maximum Gasteiger partial charge on any atom is 0.431 e. The van der Waals surface area contributed by atoms with Gasteiger partial charge in [0.05, 0.1) is 5.56 Å². The molecule has 7 heteroatoms. The minimum Gasteiger partial charge on any atom is -0.309 e. The second kappa shape index (κ2) is 8.73. The normalized spacial score (nSPS) is 11.1. The fourth-order valence-electron chi connectivity index (χ4n) is 1.86. The van der Waals surface area contributed by atoms with Gasteiger partial charge < -0.3 is 9.47 Å². The van der Waals surface area contributed by atoms with Crippen LogP contribution >= 0.6 is 0 Å². The number of hydrogen-bond acceptors (Lipinski definition) is 3. The summed E-state index contributed by atoms with van der Waals surface area (Å²) in [5.74, 6) is -0.537. The van der Waals surface area contributed by atoms with Crippen LogP contribution in [-0.4, -0.2) is 35.9 Å². The van der Waals surface area contributed by atoms with Gasteiger partial charge in [0.25, 0.3) is 5.56 Å². The first kappa shape index (κ1) is 20.4. The second-order valence-corrected chi connectivity index (χ2v) is 4.80. The zero-order valence-corrected chi connectivity index (χ0v) is 13.6. The summed E-state index contributed by atoms with van der Waals surface area (Å²) < 4.78 is 39.3. The Balaban J connectivity index is 0.00000211. The molecule has 4 nitrogen and oxygen atoms in total. The molecule has 22 heavy (non-hydrogen) atoms. The van der Waals surface area contributed by atoms with Gasteiger partial charge in [0.2, 0.25) is 0 Å². The van der Waals surface area contributed by atoms with Crippen molar-refractivity contribution in [1.82, 2.24) is 9.47 Å². The number of aromatic nitrogens is 1. The highest BCUT2D eigenvalue weighted by atomic mass is 19.4. The van der Waals surface area contributed by atoms with E-state index in [1.165, 1.54) is 0 Å². The topological polar surface area (TPSA) is 42.3 Å². The molecule has 0 N–H and O–H groups in total. The highest BCUT2D eigenvalue weighted by Gasteiger charge is 2.34. The smallest absolute Gasteiger partial charge is 0.309 e. The van der Waals surface area contributed by atoms with Crippen molar-refractivity contribution in [3.8, 4) is 0 Å². The van der Waals surface area contributed by atoms with Crippen LogP contribution in [0, 0.1) is 0 Å². The molecule has 0 aromatic carbocycles. The van der Waals surface area contributed by atoms with E-state index in [0.717, 1.165) is 19.1 Å². The predicted molar refractivity (Wildman–Crippen MR) is 80.2 cm³/mol. The Morgan fingerprint density at radius 3 is 2.18 bits per heavy atom. The zero-order valence-electron chi connectivity index (χ0n) is 13.6. The maximum absolute atomic E-state index is 12.9. The minimum atomic E-state index is -4.62. The van der Waals surface area contributed by atoms with Gasteiger partial charge in [-0.15, -0.1) is 0 Å². The van der Waals surface area contributed by atoms with Crippen LogP contribution in [0.1, 0.15) is 43.2 Å². The van der Waals surface area contributed by atoms with Crippen LogP contribution in [0.4, 0.5) is 13.2 Å². The van der Waals surface area contributed by atoms with Crippen LogP contribution in [0.15, 0.2) is 16.9 Å². The molecular weight excluding hydrogens is 297 g/mol. The molecule has 1 heterocycles. The molecule has 0 aliphatic carbocycles. The van der Waals surface area contributed by atoms with Crippen LogP contribution in [0.2, 0.25) is 0 Å². The van der Waals surface area contributed by atoms with E-state index in [4.69, 9.17) is 0 Å². The number of Topliss-reactive ketones (excluding diaryl/α,β-unsaturated/α-hetero) is 1. The standard InChI is InChI=1S/C13H17F3N2O2.C2H6/c1-9(19)10-5-6-11(13(14,15)16)18(12(10)20)8-4-7-17(2)3;1-2/h5-6H,4,7-8H2,1-3H3;1-2H3.